The minimum absolute atomic E-state index is 0.394. The van der Waals surface area contributed by atoms with Crippen LogP contribution < -0.4 is 10.1 Å². The van der Waals surface area contributed by atoms with Crippen LogP contribution in [0, 0.1) is 0 Å². The number of ether oxygens (including phenoxy) is 1. The summed E-state index contributed by atoms with van der Waals surface area (Å²) in [7, 11) is 1.67. The van der Waals surface area contributed by atoms with Crippen LogP contribution >= 0.6 is 0 Å². The zero-order valence-corrected chi connectivity index (χ0v) is 11.1. The van der Waals surface area contributed by atoms with Crippen LogP contribution in [0.15, 0.2) is 36.5 Å². The van der Waals surface area contributed by atoms with Crippen LogP contribution in [0.4, 0.5) is 5.69 Å². The molecule has 2 rings (SSSR count). The molecule has 1 aromatic carbocycles. The summed E-state index contributed by atoms with van der Waals surface area (Å²) in [6.45, 7) is 4.93. The molecule has 4 nitrogen and oxygen atoms in total. The van der Waals surface area contributed by atoms with Gasteiger partial charge in [-0.25, -0.2) is 0 Å². The summed E-state index contributed by atoms with van der Waals surface area (Å²) >= 11 is 0. The SMILES string of the molecule is COc1ccccc1NCc1ccn(C(C)C)n1. The molecule has 0 atom stereocenters. The highest BCUT2D eigenvalue weighted by Gasteiger charge is 2.04. The van der Waals surface area contributed by atoms with Crippen LogP contribution in [0.1, 0.15) is 25.6 Å². The van der Waals surface area contributed by atoms with Gasteiger partial charge in [0.05, 0.1) is 25.0 Å². The van der Waals surface area contributed by atoms with Crippen LogP contribution in [-0.4, -0.2) is 16.9 Å². The predicted molar refractivity (Wildman–Crippen MR) is 72.9 cm³/mol. The van der Waals surface area contributed by atoms with Crippen LogP contribution in [0.5, 0.6) is 5.75 Å². The fourth-order valence-corrected chi connectivity index (χ4v) is 1.74. The quantitative estimate of drug-likeness (QED) is 0.879. The van der Waals surface area contributed by atoms with E-state index in [1.54, 1.807) is 7.11 Å². The lowest BCUT2D eigenvalue weighted by Gasteiger charge is -2.09. The number of hydrogen-bond donors (Lipinski definition) is 1. The average molecular weight is 245 g/mol. The fraction of sp³-hybridized carbons (Fsp3) is 0.357. The normalized spacial score (nSPS) is 10.7. The van der Waals surface area contributed by atoms with Crippen molar-refractivity contribution >= 4 is 5.69 Å². The summed E-state index contributed by atoms with van der Waals surface area (Å²) in [4.78, 5) is 0. The van der Waals surface area contributed by atoms with Crippen molar-refractivity contribution in [1.29, 1.82) is 0 Å². The van der Waals surface area contributed by atoms with E-state index < -0.39 is 0 Å². The Bertz CT molecular complexity index is 505. The topological polar surface area (TPSA) is 39.1 Å². The van der Waals surface area contributed by atoms with Crippen molar-refractivity contribution in [2.45, 2.75) is 26.4 Å². The average Bonchev–Trinajstić information content (AvgIpc) is 2.85. The summed E-state index contributed by atoms with van der Waals surface area (Å²) in [5.41, 5.74) is 2.01. The molecule has 0 bridgehead atoms. The number of anilines is 1. The molecule has 1 aromatic heterocycles. The summed E-state index contributed by atoms with van der Waals surface area (Å²) in [5.74, 6) is 0.848. The van der Waals surface area contributed by atoms with Crippen molar-refractivity contribution < 1.29 is 4.74 Å². The summed E-state index contributed by atoms with van der Waals surface area (Å²) < 4.78 is 7.25. The minimum atomic E-state index is 0.394. The molecule has 96 valence electrons. The second-order valence-corrected chi connectivity index (χ2v) is 4.43. The molecule has 0 unspecified atom stereocenters. The summed E-state index contributed by atoms with van der Waals surface area (Å²) in [6, 6.07) is 10.3. The van der Waals surface area contributed by atoms with Gasteiger partial charge in [0.15, 0.2) is 0 Å². The Morgan fingerprint density at radius 1 is 1.28 bits per heavy atom. The third-order valence-corrected chi connectivity index (χ3v) is 2.76. The number of nitrogens with zero attached hydrogens (tertiary/aromatic N) is 2. The van der Waals surface area contributed by atoms with Crippen LogP contribution in [-0.2, 0) is 6.54 Å². The van der Waals surface area contributed by atoms with E-state index in [1.807, 2.05) is 41.2 Å². The van der Waals surface area contributed by atoms with Crippen molar-refractivity contribution in [2.24, 2.45) is 0 Å². The van der Waals surface area contributed by atoms with E-state index in [-0.39, 0.29) is 0 Å². The van der Waals surface area contributed by atoms with Gasteiger partial charge in [0.1, 0.15) is 5.75 Å². The number of nitrogens with one attached hydrogen (secondary N) is 1. The lowest BCUT2D eigenvalue weighted by Crippen LogP contribution is -2.05. The zero-order valence-electron chi connectivity index (χ0n) is 11.1. The maximum absolute atomic E-state index is 5.29. The lowest BCUT2D eigenvalue weighted by molar-refractivity contribution is 0.416. The van der Waals surface area contributed by atoms with Gasteiger partial charge in [-0.3, -0.25) is 4.68 Å². The highest BCUT2D eigenvalue weighted by Crippen LogP contribution is 2.23. The lowest BCUT2D eigenvalue weighted by atomic mass is 10.3. The van der Waals surface area contributed by atoms with Crippen LogP contribution in [0.25, 0.3) is 0 Å². The summed E-state index contributed by atoms with van der Waals surface area (Å²) in [5, 5.41) is 7.83. The number of rotatable bonds is 5. The van der Waals surface area contributed by atoms with Crippen molar-refractivity contribution in [3.8, 4) is 5.75 Å². The molecule has 0 spiro atoms. The number of benzene rings is 1. The van der Waals surface area contributed by atoms with Crippen LogP contribution in [0.2, 0.25) is 0 Å². The highest BCUT2D eigenvalue weighted by molar-refractivity contribution is 5.56. The standard InChI is InChI=1S/C14H19N3O/c1-11(2)17-9-8-12(16-17)10-15-13-6-4-5-7-14(13)18-3/h4-9,11,15H,10H2,1-3H3. The molecule has 0 radical (unpaired) electrons. The molecule has 0 aliphatic rings. The Hall–Kier alpha value is -1.97. The number of hydrogen-bond acceptors (Lipinski definition) is 3. The van der Waals surface area contributed by atoms with E-state index in [0.717, 1.165) is 17.1 Å². The van der Waals surface area contributed by atoms with Gasteiger partial charge in [0.2, 0.25) is 0 Å². The molecule has 4 heteroatoms. The summed E-state index contributed by atoms with van der Waals surface area (Å²) in [6.07, 6.45) is 2.00. The van der Waals surface area contributed by atoms with E-state index in [9.17, 15) is 0 Å². The van der Waals surface area contributed by atoms with Gasteiger partial charge >= 0.3 is 0 Å². The van der Waals surface area contributed by atoms with Gasteiger partial charge in [-0.15, -0.1) is 0 Å². The maximum atomic E-state index is 5.29. The van der Waals surface area contributed by atoms with E-state index in [4.69, 9.17) is 4.74 Å². The highest BCUT2D eigenvalue weighted by atomic mass is 16.5. The first-order valence-corrected chi connectivity index (χ1v) is 6.11. The Morgan fingerprint density at radius 3 is 2.72 bits per heavy atom. The smallest absolute Gasteiger partial charge is 0.141 e. The minimum Gasteiger partial charge on any atom is -0.495 e. The van der Waals surface area contributed by atoms with Crippen molar-refractivity contribution in [2.75, 3.05) is 12.4 Å². The molecule has 0 fully saturated rings. The van der Waals surface area contributed by atoms with E-state index >= 15 is 0 Å². The van der Waals surface area contributed by atoms with Crippen molar-refractivity contribution in [1.82, 2.24) is 9.78 Å². The molecular weight excluding hydrogens is 226 g/mol. The molecule has 1 heterocycles. The van der Waals surface area contributed by atoms with E-state index in [0.29, 0.717) is 12.6 Å². The van der Waals surface area contributed by atoms with Gasteiger partial charge in [0.25, 0.3) is 0 Å². The molecule has 0 aliphatic carbocycles. The van der Waals surface area contributed by atoms with Crippen molar-refractivity contribution in [3.05, 3.63) is 42.2 Å². The van der Waals surface area contributed by atoms with Crippen LogP contribution in [0.3, 0.4) is 0 Å². The first kappa shape index (κ1) is 12.5. The second kappa shape index (κ2) is 5.58. The van der Waals surface area contributed by atoms with E-state index in [2.05, 4.69) is 24.3 Å². The van der Waals surface area contributed by atoms with Crippen molar-refractivity contribution in [3.63, 3.8) is 0 Å². The fourth-order valence-electron chi connectivity index (χ4n) is 1.74. The monoisotopic (exact) mass is 245 g/mol. The van der Waals surface area contributed by atoms with Gasteiger partial charge in [-0.1, -0.05) is 12.1 Å². The molecule has 2 aromatic rings. The third kappa shape index (κ3) is 2.83. The second-order valence-electron chi connectivity index (χ2n) is 4.43. The molecule has 0 saturated carbocycles. The Morgan fingerprint density at radius 2 is 2.06 bits per heavy atom. The largest absolute Gasteiger partial charge is 0.495 e. The van der Waals surface area contributed by atoms with E-state index in [1.165, 1.54) is 0 Å². The van der Waals surface area contributed by atoms with Gasteiger partial charge in [-0.2, -0.15) is 5.10 Å². The van der Waals surface area contributed by atoms with Gasteiger partial charge in [0, 0.05) is 12.2 Å². The molecule has 0 saturated heterocycles. The Balaban J connectivity index is 2.02. The Kier molecular flexibility index (Phi) is 3.87. The first-order chi connectivity index (χ1) is 8.70. The molecule has 0 amide bonds. The molecular formula is C14H19N3O. The van der Waals surface area contributed by atoms with Gasteiger partial charge in [-0.05, 0) is 32.0 Å². The maximum Gasteiger partial charge on any atom is 0.141 e. The zero-order chi connectivity index (χ0) is 13.0. The predicted octanol–water partition coefficient (Wildman–Crippen LogP) is 3.08. The first-order valence-electron chi connectivity index (χ1n) is 6.11. The number of para-hydroxylation sites is 2. The number of aromatic nitrogens is 2. The van der Waals surface area contributed by atoms with Gasteiger partial charge < -0.3 is 10.1 Å². The molecule has 18 heavy (non-hydrogen) atoms. The molecule has 1 N–H and O–H groups in total. The number of methoxy groups -OCH3 is 1. The Labute approximate surface area is 108 Å². The molecule has 0 aliphatic heterocycles. The third-order valence-electron chi connectivity index (χ3n) is 2.76.